The number of ether oxygens (including phenoxy) is 4. The second-order valence-corrected chi connectivity index (χ2v) is 6.34. The first kappa shape index (κ1) is 18.0. The summed E-state index contributed by atoms with van der Waals surface area (Å²) in [7, 11) is 6.64. The lowest BCUT2D eigenvalue weighted by Gasteiger charge is -2.34. The van der Waals surface area contributed by atoms with Gasteiger partial charge in [0, 0.05) is 23.7 Å². The maximum atomic E-state index is 5.57. The molecule has 2 aromatic rings. The summed E-state index contributed by atoms with van der Waals surface area (Å²) in [5.41, 5.74) is 3.02. The van der Waals surface area contributed by atoms with Crippen molar-refractivity contribution >= 4 is 11.4 Å². The van der Waals surface area contributed by atoms with Crippen molar-refractivity contribution in [3.63, 3.8) is 0 Å². The van der Waals surface area contributed by atoms with Gasteiger partial charge in [-0.2, -0.15) is 0 Å². The van der Waals surface area contributed by atoms with Crippen molar-refractivity contribution in [3.05, 3.63) is 35.9 Å². The minimum Gasteiger partial charge on any atom is -0.497 e. The Balaban J connectivity index is 2.00. The van der Waals surface area contributed by atoms with E-state index >= 15 is 0 Å². The summed E-state index contributed by atoms with van der Waals surface area (Å²) in [5, 5.41) is 7.13. The van der Waals surface area contributed by atoms with Crippen LogP contribution < -0.4 is 29.6 Å². The lowest BCUT2D eigenvalue weighted by molar-refractivity contribution is 0.391. The largest absolute Gasteiger partial charge is 0.497 e. The van der Waals surface area contributed by atoms with E-state index in [2.05, 4.69) is 17.6 Å². The van der Waals surface area contributed by atoms with Gasteiger partial charge in [0.2, 0.25) is 0 Å². The van der Waals surface area contributed by atoms with Gasteiger partial charge in [0.25, 0.3) is 0 Å². The van der Waals surface area contributed by atoms with Gasteiger partial charge in [-0.3, -0.25) is 0 Å². The fourth-order valence-electron chi connectivity index (χ4n) is 3.35. The maximum absolute atomic E-state index is 5.57. The number of hydrogen-bond donors (Lipinski definition) is 2. The lowest BCUT2D eigenvalue weighted by Crippen LogP contribution is -2.29. The van der Waals surface area contributed by atoms with Crippen LogP contribution >= 0.6 is 0 Å². The molecule has 0 bridgehead atoms. The third-order valence-electron chi connectivity index (χ3n) is 4.66. The summed E-state index contributed by atoms with van der Waals surface area (Å²) in [4.78, 5) is 0. The number of rotatable bonds is 6. The first-order valence-corrected chi connectivity index (χ1v) is 8.60. The number of hydrogen-bond acceptors (Lipinski definition) is 6. The monoisotopic (exact) mass is 358 g/mol. The molecule has 140 valence electrons. The summed E-state index contributed by atoms with van der Waals surface area (Å²) in [5.74, 6) is 3.05. The first-order valence-electron chi connectivity index (χ1n) is 8.60. The molecule has 0 saturated heterocycles. The Morgan fingerprint density at radius 3 is 2.23 bits per heavy atom. The number of nitrogens with one attached hydrogen (secondary N) is 2. The molecular formula is C20H26N2O4. The smallest absolute Gasteiger partial charge is 0.146 e. The van der Waals surface area contributed by atoms with E-state index < -0.39 is 0 Å². The Morgan fingerprint density at radius 1 is 0.885 bits per heavy atom. The molecule has 3 rings (SSSR count). The molecule has 6 nitrogen and oxygen atoms in total. The van der Waals surface area contributed by atoms with Gasteiger partial charge in [-0.05, 0) is 31.5 Å². The molecule has 0 saturated carbocycles. The van der Waals surface area contributed by atoms with Gasteiger partial charge in [-0.1, -0.05) is 0 Å². The van der Waals surface area contributed by atoms with E-state index in [1.165, 1.54) is 0 Å². The molecule has 1 heterocycles. The Kier molecular flexibility index (Phi) is 5.30. The Morgan fingerprint density at radius 2 is 1.58 bits per heavy atom. The molecule has 2 aromatic carbocycles. The van der Waals surface area contributed by atoms with E-state index in [-0.39, 0.29) is 6.04 Å². The minimum atomic E-state index is 0.0903. The number of benzene rings is 2. The summed E-state index contributed by atoms with van der Waals surface area (Å²) in [6.07, 6.45) is 0.915. The van der Waals surface area contributed by atoms with Gasteiger partial charge in [-0.15, -0.1) is 0 Å². The van der Waals surface area contributed by atoms with E-state index in [1.807, 2.05) is 30.3 Å². The number of fused-ring (bicyclic) bond motifs is 1. The average molecular weight is 358 g/mol. The fraction of sp³-hybridized carbons (Fsp3) is 0.400. The van der Waals surface area contributed by atoms with E-state index in [4.69, 9.17) is 18.9 Å². The molecule has 0 fully saturated rings. The van der Waals surface area contributed by atoms with Crippen molar-refractivity contribution in [3.8, 4) is 23.0 Å². The van der Waals surface area contributed by atoms with Crippen LogP contribution in [0.5, 0.6) is 23.0 Å². The molecule has 0 aromatic heterocycles. The molecule has 0 spiro atoms. The van der Waals surface area contributed by atoms with Crippen LogP contribution in [0.25, 0.3) is 0 Å². The third kappa shape index (κ3) is 3.45. The van der Waals surface area contributed by atoms with Gasteiger partial charge < -0.3 is 29.6 Å². The molecule has 1 aliphatic rings. The second kappa shape index (κ2) is 7.64. The molecule has 0 amide bonds. The highest BCUT2D eigenvalue weighted by atomic mass is 16.5. The van der Waals surface area contributed by atoms with Crippen LogP contribution in [0.4, 0.5) is 11.4 Å². The Hall–Kier alpha value is -2.76. The molecule has 26 heavy (non-hydrogen) atoms. The highest BCUT2D eigenvalue weighted by Crippen LogP contribution is 2.44. The van der Waals surface area contributed by atoms with Crippen LogP contribution in [0.15, 0.2) is 30.3 Å². The average Bonchev–Trinajstić information content (AvgIpc) is 2.67. The zero-order valence-corrected chi connectivity index (χ0v) is 15.9. The van der Waals surface area contributed by atoms with Crippen LogP contribution in [0.3, 0.4) is 0 Å². The van der Waals surface area contributed by atoms with E-state index in [9.17, 15) is 0 Å². The van der Waals surface area contributed by atoms with Gasteiger partial charge in [-0.25, -0.2) is 0 Å². The van der Waals surface area contributed by atoms with Crippen molar-refractivity contribution in [2.24, 2.45) is 0 Å². The predicted octanol–water partition coefficient (Wildman–Crippen LogP) is 4.08. The van der Waals surface area contributed by atoms with Crippen molar-refractivity contribution in [2.45, 2.75) is 25.4 Å². The standard InChI is InChI=1S/C20H26N2O4/c1-12-8-17(22-16-7-6-13(23-2)10-18(16)25-4)15-9-14(24-3)11-19(26-5)20(15)21-12/h6-7,9-12,17,21-22H,8H2,1-5H3/t12-,17+/m1/s1. The maximum Gasteiger partial charge on any atom is 0.146 e. The molecule has 6 heteroatoms. The summed E-state index contributed by atoms with van der Waals surface area (Å²) in [6, 6.07) is 10.1. The van der Waals surface area contributed by atoms with E-state index in [0.29, 0.717) is 6.04 Å². The predicted molar refractivity (Wildman–Crippen MR) is 103 cm³/mol. The topological polar surface area (TPSA) is 61.0 Å². The molecule has 0 aliphatic carbocycles. The van der Waals surface area contributed by atoms with Crippen molar-refractivity contribution in [1.29, 1.82) is 0 Å². The van der Waals surface area contributed by atoms with Gasteiger partial charge in [0.15, 0.2) is 0 Å². The van der Waals surface area contributed by atoms with Crippen LogP contribution in [0.1, 0.15) is 24.9 Å². The van der Waals surface area contributed by atoms with Crippen molar-refractivity contribution in [1.82, 2.24) is 0 Å². The Labute approximate surface area is 154 Å². The highest BCUT2D eigenvalue weighted by molar-refractivity contribution is 5.70. The van der Waals surface area contributed by atoms with Gasteiger partial charge in [0.05, 0.1) is 45.9 Å². The molecule has 0 radical (unpaired) electrons. The fourth-order valence-corrected chi connectivity index (χ4v) is 3.35. The van der Waals surface area contributed by atoms with Crippen molar-refractivity contribution in [2.75, 3.05) is 39.1 Å². The lowest BCUT2D eigenvalue weighted by atomic mass is 9.92. The molecular weight excluding hydrogens is 332 g/mol. The SMILES string of the molecule is COc1ccc(N[C@H]2C[C@@H](C)Nc3c(OC)cc(OC)cc32)c(OC)c1. The van der Waals surface area contributed by atoms with Crippen LogP contribution in [0, 0.1) is 0 Å². The minimum absolute atomic E-state index is 0.0903. The quantitative estimate of drug-likeness (QED) is 0.811. The zero-order chi connectivity index (χ0) is 18.7. The van der Waals surface area contributed by atoms with Crippen LogP contribution in [-0.4, -0.2) is 34.5 Å². The summed E-state index contributed by atoms with van der Waals surface area (Å²) in [6.45, 7) is 2.16. The van der Waals surface area contributed by atoms with E-state index in [0.717, 1.165) is 46.4 Å². The van der Waals surface area contributed by atoms with Gasteiger partial charge >= 0.3 is 0 Å². The zero-order valence-electron chi connectivity index (χ0n) is 15.9. The number of methoxy groups -OCH3 is 4. The normalized spacial score (nSPS) is 18.3. The van der Waals surface area contributed by atoms with Crippen molar-refractivity contribution < 1.29 is 18.9 Å². The number of anilines is 2. The second-order valence-electron chi connectivity index (χ2n) is 6.34. The first-order chi connectivity index (χ1) is 12.6. The molecule has 1 aliphatic heterocycles. The van der Waals surface area contributed by atoms with Crippen LogP contribution in [-0.2, 0) is 0 Å². The third-order valence-corrected chi connectivity index (χ3v) is 4.66. The summed E-state index contributed by atoms with van der Waals surface area (Å²) < 4.78 is 21.8. The summed E-state index contributed by atoms with van der Waals surface area (Å²) >= 11 is 0. The van der Waals surface area contributed by atoms with E-state index in [1.54, 1.807) is 28.4 Å². The van der Waals surface area contributed by atoms with Crippen LogP contribution in [0.2, 0.25) is 0 Å². The molecule has 0 unspecified atom stereocenters. The molecule has 2 N–H and O–H groups in total. The Bertz CT molecular complexity index is 779. The molecule has 2 atom stereocenters. The van der Waals surface area contributed by atoms with Gasteiger partial charge in [0.1, 0.15) is 23.0 Å². The highest BCUT2D eigenvalue weighted by Gasteiger charge is 2.28.